The molecule has 146 valence electrons. The molecule has 0 radical (unpaired) electrons. The normalized spacial score (nSPS) is 26.1. The Morgan fingerprint density at radius 3 is 2.63 bits per heavy atom. The van der Waals surface area contributed by atoms with E-state index in [1.807, 2.05) is 6.07 Å². The van der Waals surface area contributed by atoms with E-state index in [0.717, 1.165) is 44.1 Å². The van der Waals surface area contributed by atoms with Crippen molar-refractivity contribution in [2.24, 2.45) is 5.92 Å². The molecular formula is C21H26FNO4. The number of carbonyl (C=O) groups is 2. The van der Waals surface area contributed by atoms with Crippen molar-refractivity contribution in [3.05, 3.63) is 35.6 Å². The fraction of sp³-hybridized carbons (Fsp3) is 0.619. The van der Waals surface area contributed by atoms with Gasteiger partial charge in [-0.1, -0.05) is 12.1 Å². The lowest BCUT2D eigenvalue weighted by molar-refractivity contribution is -0.150. The third-order valence-electron chi connectivity index (χ3n) is 6.58. The Kier molecular flexibility index (Phi) is 4.93. The summed E-state index contributed by atoms with van der Waals surface area (Å²) in [5, 5.41) is 3.08. The zero-order chi connectivity index (χ0) is 18.9. The number of halogens is 1. The van der Waals surface area contributed by atoms with E-state index in [1.165, 1.54) is 6.07 Å². The summed E-state index contributed by atoms with van der Waals surface area (Å²) in [5.41, 5.74) is -0.0639. The molecule has 27 heavy (non-hydrogen) atoms. The molecule has 1 atom stereocenters. The van der Waals surface area contributed by atoms with Gasteiger partial charge in [0.25, 0.3) is 0 Å². The van der Waals surface area contributed by atoms with Gasteiger partial charge in [-0.25, -0.2) is 4.39 Å². The van der Waals surface area contributed by atoms with Gasteiger partial charge in [0, 0.05) is 25.2 Å². The lowest BCUT2D eigenvalue weighted by atomic mass is 9.74. The number of amides is 1. The van der Waals surface area contributed by atoms with Crippen molar-refractivity contribution in [2.45, 2.75) is 56.0 Å². The topological polar surface area (TPSA) is 64.6 Å². The Morgan fingerprint density at radius 2 is 1.93 bits per heavy atom. The molecule has 0 unspecified atom stereocenters. The monoisotopic (exact) mass is 375 g/mol. The summed E-state index contributed by atoms with van der Waals surface area (Å²) in [6.07, 6.45) is 5.11. The second-order valence-corrected chi connectivity index (χ2v) is 8.12. The smallest absolute Gasteiger partial charge is 0.307 e. The molecule has 0 aromatic heterocycles. The molecule has 2 aliphatic heterocycles. The summed E-state index contributed by atoms with van der Waals surface area (Å²) in [6, 6.07) is 6.61. The van der Waals surface area contributed by atoms with Crippen LogP contribution in [0, 0.1) is 11.7 Å². The quantitative estimate of drug-likeness (QED) is 0.822. The van der Waals surface area contributed by atoms with Gasteiger partial charge in [0.1, 0.15) is 11.4 Å². The van der Waals surface area contributed by atoms with E-state index in [2.05, 4.69) is 5.32 Å². The van der Waals surface area contributed by atoms with E-state index in [9.17, 15) is 14.0 Å². The van der Waals surface area contributed by atoms with E-state index < -0.39 is 11.5 Å². The molecule has 3 aliphatic rings. The lowest BCUT2D eigenvalue weighted by Gasteiger charge is -2.38. The summed E-state index contributed by atoms with van der Waals surface area (Å²) >= 11 is 0. The first-order valence-corrected chi connectivity index (χ1v) is 9.86. The molecular weight excluding hydrogens is 349 g/mol. The predicted molar refractivity (Wildman–Crippen MR) is 96.5 cm³/mol. The summed E-state index contributed by atoms with van der Waals surface area (Å²) in [4.78, 5) is 24.9. The molecule has 1 saturated carbocycles. The molecule has 1 spiro atoms. The largest absolute Gasteiger partial charge is 0.458 e. The molecule has 4 rings (SSSR count). The first-order valence-electron chi connectivity index (χ1n) is 9.86. The highest BCUT2D eigenvalue weighted by atomic mass is 19.1. The predicted octanol–water partition coefficient (Wildman–Crippen LogP) is 2.87. The maximum atomic E-state index is 13.8. The number of hydrogen-bond donors (Lipinski definition) is 1. The maximum Gasteiger partial charge on any atom is 0.307 e. The SMILES string of the molecule is O=C1C[C@H](C(=O)NCC2(c3cccc(F)c3)CCOCC2)C2(CCCC2)O1. The highest BCUT2D eigenvalue weighted by molar-refractivity contribution is 5.88. The van der Waals surface area contributed by atoms with Crippen LogP contribution < -0.4 is 5.32 Å². The molecule has 1 amide bonds. The van der Waals surface area contributed by atoms with Crippen LogP contribution in [0.4, 0.5) is 4.39 Å². The van der Waals surface area contributed by atoms with Gasteiger partial charge in [-0.15, -0.1) is 0 Å². The van der Waals surface area contributed by atoms with E-state index >= 15 is 0 Å². The second kappa shape index (κ2) is 7.23. The van der Waals surface area contributed by atoms with E-state index in [1.54, 1.807) is 12.1 Å². The minimum absolute atomic E-state index is 0.120. The van der Waals surface area contributed by atoms with Crippen LogP contribution in [0.1, 0.15) is 50.5 Å². The van der Waals surface area contributed by atoms with Crippen LogP contribution in [0.5, 0.6) is 0 Å². The fourth-order valence-electron chi connectivity index (χ4n) is 4.98. The first kappa shape index (κ1) is 18.4. The standard InChI is InChI=1S/C21H26FNO4/c22-16-5-3-4-15(12-16)20(8-10-26-11-9-20)14-23-19(25)17-13-18(24)27-21(17)6-1-2-7-21/h3-5,12,17H,1-2,6-11,13-14H2,(H,23,25)/t17-/m1/s1. The third-order valence-corrected chi connectivity index (χ3v) is 6.58. The Balaban J connectivity index is 1.51. The van der Waals surface area contributed by atoms with Crippen LogP contribution in [0.3, 0.4) is 0 Å². The van der Waals surface area contributed by atoms with E-state index in [4.69, 9.17) is 9.47 Å². The number of carbonyl (C=O) groups excluding carboxylic acids is 2. The summed E-state index contributed by atoms with van der Waals surface area (Å²) in [5.74, 6) is -1.09. The summed E-state index contributed by atoms with van der Waals surface area (Å²) < 4.78 is 24.9. The minimum atomic E-state index is -0.608. The van der Waals surface area contributed by atoms with Crippen molar-refractivity contribution in [1.29, 1.82) is 0 Å². The highest BCUT2D eigenvalue weighted by Gasteiger charge is 2.54. The molecule has 3 fully saturated rings. The zero-order valence-corrected chi connectivity index (χ0v) is 15.5. The number of hydrogen-bond acceptors (Lipinski definition) is 4. The lowest BCUT2D eigenvalue weighted by Crippen LogP contribution is -2.49. The van der Waals surface area contributed by atoms with Gasteiger partial charge in [0.05, 0.1) is 12.3 Å². The van der Waals surface area contributed by atoms with E-state index in [-0.39, 0.29) is 29.5 Å². The molecule has 6 heteroatoms. The van der Waals surface area contributed by atoms with Crippen LogP contribution in [-0.2, 0) is 24.5 Å². The number of benzene rings is 1. The third kappa shape index (κ3) is 3.47. The number of ether oxygens (including phenoxy) is 2. The van der Waals surface area contributed by atoms with E-state index in [0.29, 0.717) is 19.8 Å². The van der Waals surface area contributed by atoms with Crippen molar-refractivity contribution < 1.29 is 23.5 Å². The Labute approximate surface area is 158 Å². The minimum Gasteiger partial charge on any atom is -0.458 e. The van der Waals surface area contributed by atoms with Crippen LogP contribution in [0.15, 0.2) is 24.3 Å². The van der Waals surface area contributed by atoms with Gasteiger partial charge in [0.2, 0.25) is 5.91 Å². The molecule has 2 heterocycles. The second-order valence-electron chi connectivity index (χ2n) is 8.12. The average Bonchev–Trinajstić information content (AvgIpc) is 3.27. The molecule has 1 aromatic carbocycles. The van der Waals surface area contributed by atoms with Crippen LogP contribution in [-0.4, -0.2) is 37.2 Å². The molecule has 0 bridgehead atoms. The average molecular weight is 375 g/mol. The van der Waals surface area contributed by atoms with Gasteiger partial charge in [-0.2, -0.15) is 0 Å². The van der Waals surface area contributed by atoms with Gasteiger partial charge in [-0.3, -0.25) is 9.59 Å². The molecule has 2 saturated heterocycles. The maximum absolute atomic E-state index is 13.8. The number of nitrogens with one attached hydrogen (secondary N) is 1. The molecule has 1 aromatic rings. The van der Waals surface area contributed by atoms with Crippen molar-refractivity contribution in [2.75, 3.05) is 19.8 Å². The van der Waals surface area contributed by atoms with Crippen LogP contribution in [0.2, 0.25) is 0 Å². The fourth-order valence-corrected chi connectivity index (χ4v) is 4.98. The summed E-state index contributed by atoms with van der Waals surface area (Å²) in [6.45, 7) is 1.59. The van der Waals surface area contributed by atoms with Crippen molar-refractivity contribution in [3.63, 3.8) is 0 Å². The number of rotatable bonds is 4. The van der Waals surface area contributed by atoms with Gasteiger partial charge < -0.3 is 14.8 Å². The number of esters is 1. The summed E-state index contributed by atoms with van der Waals surface area (Å²) in [7, 11) is 0. The Bertz CT molecular complexity index is 723. The molecule has 1 aliphatic carbocycles. The highest BCUT2D eigenvalue weighted by Crippen LogP contribution is 2.45. The zero-order valence-electron chi connectivity index (χ0n) is 15.5. The van der Waals surface area contributed by atoms with Crippen molar-refractivity contribution >= 4 is 11.9 Å². The Hall–Kier alpha value is -1.95. The Morgan fingerprint density at radius 1 is 1.19 bits per heavy atom. The van der Waals surface area contributed by atoms with Crippen LogP contribution >= 0.6 is 0 Å². The van der Waals surface area contributed by atoms with Crippen molar-refractivity contribution in [1.82, 2.24) is 5.32 Å². The van der Waals surface area contributed by atoms with Gasteiger partial charge in [0.15, 0.2) is 0 Å². The van der Waals surface area contributed by atoms with Gasteiger partial charge >= 0.3 is 5.97 Å². The molecule has 1 N–H and O–H groups in total. The van der Waals surface area contributed by atoms with Crippen molar-refractivity contribution in [3.8, 4) is 0 Å². The molecule has 5 nitrogen and oxygen atoms in total. The first-order chi connectivity index (χ1) is 13.0. The van der Waals surface area contributed by atoms with Crippen LogP contribution in [0.25, 0.3) is 0 Å². The van der Waals surface area contributed by atoms with Gasteiger partial charge in [-0.05, 0) is 56.2 Å².